The van der Waals surface area contributed by atoms with Crippen molar-refractivity contribution in [3.05, 3.63) is 35.9 Å². The van der Waals surface area contributed by atoms with Crippen LogP contribution in [-0.4, -0.2) is 0 Å². The van der Waals surface area contributed by atoms with E-state index >= 15 is 0 Å². The van der Waals surface area contributed by atoms with E-state index in [4.69, 9.17) is 5.84 Å². The first-order valence-electron chi connectivity index (χ1n) is 5.43. The van der Waals surface area contributed by atoms with Crippen LogP contribution in [-0.2, 0) is 0 Å². The molecule has 2 rings (SSSR count). The topological polar surface area (TPSA) is 38.0 Å². The lowest BCUT2D eigenvalue weighted by atomic mass is 9.92. The van der Waals surface area contributed by atoms with Crippen molar-refractivity contribution < 1.29 is 0 Å². The van der Waals surface area contributed by atoms with Crippen LogP contribution in [0.15, 0.2) is 30.3 Å². The predicted octanol–water partition coefficient (Wildman–Crippen LogP) is 2.38. The van der Waals surface area contributed by atoms with E-state index < -0.39 is 0 Å². The van der Waals surface area contributed by atoms with Crippen LogP contribution in [0, 0.1) is 5.92 Å². The second-order valence-electron chi connectivity index (χ2n) is 4.10. The van der Waals surface area contributed by atoms with Gasteiger partial charge in [0.2, 0.25) is 0 Å². The molecule has 0 spiro atoms. The lowest BCUT2D eigenvalue weighted by Gasteiger charge is -2.22. The number of nitrogens with one attached hydrogen (secondary N) is 1. The minimum absolute atomic E-state index is 0.346. The fourth-order valence-corrected chi connectivity index (χ4v) is 2.46. The standard InChI is InChI=1S/C12H18N2/c13-14-12(11-8-4-5-9-11)10-6-2-1-3-7-10/h1-3,6-7,11-12,14H,4-5,8-9,13H2. The van der Waals surface area contributed by atoms with Gasteiger partial charge in [0, 0.05) is 6.04 Å². The van der Waals surface area contributed by atoms with Gasteiger partial charge >= 0.3 is 0 Å². The fraction of sp³-hybridized carbons (Fsp3) is 0.500. The van der Waals surface area contributed by atoms with Crippen molar-refractivity contribution in [2.45, 2.75) is 31.7 Å². The Morgan fingerprint density at radius 1 is 1.14 bits per heavy atom. The summed E-state index contributed by atoms with van der Waals surface area (Å²) >= 11 is 0. The Morgan fingerprint density at radius 3 is 2.36 bits per heavy atom. The van der Waals surface area contributed by atoms with Gasteiger partial charge in [-0.15, -0.1) is 0 Å². The molecule has 76 valence electrons. The molecule has 1 aromatic carbocycles. The van der Waals surface area contributed by atoms with Gasteiger partial charge in [-0.05, 0) is 24.3 Å². The summed E-state index contributed by atoms with van der Waals surface area (Å²) in [5.74, 6) is 6.36. The van der Waals surface area contributed by atoms with E-state index in [1.165, 1.54) is 31.2 Å². The van der Waals surface area contributed by atoms with E-state index in [1.54, 1.807) is 0 Å². The number of hydrazine groups is 1. The molecule has 0 radical (unpaired) electrons. The summed E-state index contributed by atoms with van der Waals surface area (Å²) < 4.78 is 0. The smallest absolute Gasteiger partial charge is 0.0488 e. The molecular formula is C12H18N2. The summed E-state index contributed by atoms with van der Waals surface area (Å²) in [5.41, 5.74) is 4.28. The molecule has 1 saturated carbocycles. The van der Waals surface area contributed by atoms with Crippen LogP contribution in [0.5, 0.6) is 0 Å². The predicted molar refractivity (Wildman–Crippen MR) is 58.5 cm³/mol. The third-order valence-electron chi connectivity index (χ3n) is 3.21. The van der Waals surface area contributed by atoms with Crippen molar-refractivity contribution in [1.29, 1.82) is 0 Å². The molecule has 1 aliphatic carbocycles. The molecule has 14 heavy (non-hydrogen) atoms. The van der Waals surface area contributed by atoms with Gasteiger partial charge in [0.1, 0.15) is 0 Å². The van der Waals surface area contributed by atoms with Crippen LogP contribution in [0.25, 0.3) is 0 Å². The minimum Gasteiger partial charge on any atom is -0.271 e. The zero-order valence-electron chi connectivity index (χ0n) is 8.45. The average molecular weight is 190 g/mol. The fourth-order valence-electron chi connectivity index (χ4n) is 2.46. The molecule has 1 aliphatic rings. The molecule has 0 aliphatic heterocycles. The molecule has 1 fully saturated rings. The molecular weight excluding hydrogens is 172 g/mol. The largest absolute Gasteiger partial charge is 0.271 e. The van der Waals surface area contributed by atoms with E-state index in [-0.39, 0.29) is 0 Å². The van der Waals surface area contributed by atoms with Crippen LogP contribution >= 0.6 is 0 Å². The first-order chi connectivity index (χ1) is 6.92. The van der Waals surface area contributed by atoms with Gasteiger partial charge in [0.15, 0.2) is 0 Å². The van der Waals surface area contributed by atoms with E-state index in [1.807, 2.05) is 6.07 Å². The van der Waals surface area contributed by atoms with Gasteiger partial charge in [-0.1, -0.05) is 43.2 Å². The summed E-state index contributed by atoms with van der Waals surface area (Å²) in [6.45, 7) is 0. The molecule has 1 unspecified atom stereocenters. The summed E-state index contributed by atoms with van der Waals surface area (Å²) in [4.78, 5) is 0. The highest BCUT2D eigenvalue weighted by molar-refractivity contribution is 5.19. The molecule has 0 saturated heterocycles. The van der Waals surface area contributed by atoms with Crippen molar-refractivity contribution in [1.82, 2.24) is 5.43 Å². The van der Waals surface area contributed by atoms with E-state index in [0.717, 1.165) is 5.92 Å². The highest BCUT2D eigenvalue weighted by Crippen LogP contribution is 2.34. The minimum atomic E-state index is 0.346. The van der Waals surface area contributed by atoms with Crippen molar-refractivity contribution in [2.24, 2.45) is 11.8 Å². The summed E-state index contributed by atoms with van der Waals surface area (Å²) in [6.07, 6.45) is 5.33. The quantitative estimate of drug-likeness (QED) is 0.567. The maximum absolute atomic E-state index is 5.63. The second-order valence-corrected chi connectivity index (χ2v) is 4.10. The third-order valence-corrected chi connectivity index (χ3v) is 3.21. The van der Waals surface area contributed by atoms with Gasteiger partial charge in [-0.3, -0.25) is 11.3 Å². The summed E-state index contributed by atoms with van der Waals surface area (Å²) in [6, 6.07) is 10.9. The van der Waals surface area contributed by atoms with Crippen LogP contribution in [0.4, 0.5) is 0 Å². The summed E-state index contributed by atoms with van der Waals surface area (Å²) in [5, 5.41) is 0. The zero-order valence-corrected chi connectivity index (χ0v) is 8.45. The molecule has 1 atom stereocenters. The molecule has 3 N–H and O–H groups in total. The Kier molecular flexibility index (Phi) is 3.17. The monoisotopic (exact) mass is 190 g/mol. The van der Waals surface area contributed by atoms with Gasteiger partial charge in [-0.2, -0.15) is 0 Å². The Labute approximate surface area is 85.5 Å². The maximum atomic E-state index is 5.63. The molecule has 1 aromatic rings. The van der Waals surface area contributed by atoms with E-state index in [0.29, 0.717) is 6.04 Å². The van der Waals surface area contributed by atoms with E-state index in [9.17, 15) is 0 Å². The number of hydrogen-bond donors (Lipinski definition) is 2. The van der Waals surface area contributed by atoms with Gasteiger partial charge in [-0.25, -0.2) is 0 Å². The first-order valence-corrected chi connectivity index (χ1v) is 5.43. The third kappa shape index (κ3) is 1.97. The zero-order chi connectivity index (χ0) is 9.80. The lowest BCUT2D eigenvalue weighted by Crippen LogP contribution is -2.32. The van der Waals surface area contributed by atoms with Gasteiger partial charge in [0.05, 0.1) is 0 Å². The Morgan fingerprint density at radius 2 is 1.79 bits per heavy atom. The maximum Gasteiger partial charge on any atom is 0.0488 e. The van der Waals surface area contributed by atoms with Crippen LogP contribution in [0.2, 0.25) is 0 Å². The van der Waals surface area contributed by atoms with Gasteiger partial charge < -0.3 is 0 Å². The number of benzene rings is 1. The second kappa shape index (κ2) is 4.58. The lowest BCUT2D eigenvalue weighted by molar-refractivity contribution is 0.373. The van der Waals surface area contributed by atoms with Crippen LogP contribution in [0.3, 0.4) is 0 Å². The van der Waals surface area contributed by atoms with Crippen molar-refractivity contribution >= 4 is 0 Å². The van der Waals surface area contributed by atoms with E-state index in [2.05, 4.69) is 29.7 Å². The van der Waals surface area contributed by atoms with Crippen LogP contribution < -0.4 is 11.3 Å². The molecule has 0 bridgehead atoms. The molecule has 0 heterocycles. The van der Waals surface area contributed by atoms with Crippen LogP contribution in [0.1, 0.15) is 37.3 Å². The molecule has 2 heteroatoms. The average Bonchev–Trinajstić information content (AvgIpc) is 2.74. The van der Waals surface area contributed by atoms with Crippen molar-refractivity contribution in [2.75, 3.05) is 0 Å². The van der Waals surface area contributed by atoms with Crippen molar-refractivity contribution in [3.8, 4) is 0 Å². The molecule has 2 nitrogen and oxygen atoms in total. The molecule has 0 amide bonds. The molecule has 0 aromatic heterocycles. The number of nitrogens with two attached hydrogens (primary N) is 1. The Bertz CT molecular complexity index is 265. The summed E-state index contributed by atoms with van der Waals surface area (Å²) in [7, 11) is 0. The highest BCUT2D eigenvalue weighted by Gasteiger charge is 2.24. The number of rotatable bonds is 3. The normalized spacial score (nSPS) is 19.8. The Balaban J connectivity index is 2.12. The number of hydrogen-bond acceptors (Lipinski definition) is 2. The SMILES string of the molecule is NNC(c1ccccc1)C1CCCC1. The first kappa shape index (κ1) is 9.69. The Hall–Kier alpha value is -0.860. The highest BCUT2D eigenvalue weighted by atomic mass is 15.2. The van der Waals surface area contributed by atoms with Gasteiger partial charge in [0.25, 0.3) is 0 Å². The van der Waals surface area contributed by atoms with Crippen molar-refractivity contribution in [3.63, 3.8) is 0 Å².